The van der Waals surface area contributed by atoms with Gasteiger partial charge in [-0.3, -0.25) is 14.9 Å². The van der Waals surface area contributed by atoms with Crippen molar-refractivity contribution >= 4 is 34.8 Å². The average Bonchev–Trinajstić information content (AvgIpc) is 2.87. The van der Waals surface area contributed by atoms with Crippen LogP contribution in [0.25, 0.3) is 0 Å². The van der Waals surface area contributed by atoms with E-state index in [0.29, 0.717) is 42.3 Å². The summed E-state index contributed by atoms with van der Waals surface area (Å²) in [5, 5.41) is 8.42. The molecule has 0 radical (unpaired) electrons. The summed E-state index contributed by atoms with van der Waals surface area (Å²) >= 11 is 5.29. The minimum absolute atomic E-state index is 0.0918. The summed E-state index contributed by atoms with van der Waals surface area (Å²) in [4.78, 5) is 25.0. The standard InChI is InChI=1S/C26H27N3O5S/c1-32-15-14-27-24(30)19-8-7-9-20(18-19)28-26(35)29-25(31)22-12-5-6-13-23(22)34-17-16-33-21-10-3-2-4-11-21/h2-13,18H,14-17H2,1H3,(H,27,30)(H2,28,29,31,35). The van der Waals surface area contributed by atoms with Crippen LogP contribution in [0.4, 0.5) is 5.69 Å². The van der Waals surface area contributed by atoms with Crippen molar-refractivity contribution in [3.05, 3.63) is 90.0 Å². The summed E-state index contributed by atoms with van der Waals surface area (Å²) in [5.74, 6) is 0.507. The van der Waals surface area contributed by atoms with Gasteiger partial charge >= 0.3 is 0 Å². The maximum atomic E-state index is 12.8. The fourth-order valence-corrected chi connectivity index (χ4v) is 3.26. The van der Waals surface area contributed by atoms with Gasteiger partial charge in [0.1, 0.15) is 24.7 Å². The number of para-hydroxylation sites is 2. The van der Waals surface area contributed by atoms with Crippen LogP contribution in [0.5, 0.6) is 11.5 Å². The Morgan fingerprint density at radius 1 is 0.829 bits per heavy atom. The number of hydrogen-bond acceptors (Lipinski definition) is 6. The SMILES string of the molecule is COCCNC(=O)c1cccc(NC(=S)NC(=O)c2ccccc2OCCOc2ccccc2)c1. The highest BCUT2D eigenvalue weighted by Gasteiger charge is 2.14. The van der Waals surface area contributed by atoms with Crippen molar-refractivity contribution in [3.8, 4) is 11.5 Å². The van der Waals surface area contributed by atoms with Crippen molar-refractivity contribution in [1.29, 1.82) is 0 Å². The smallest absolute Gasteiger partial charge is 0.261 e. The molecule has 0 aliphatic carbocycles. The quantitative estimate of drug-likeness (QED) is 0.277. The third kappa shape index (κ3) is 8.40. The number of thiocarbonyl (C=S) groups is 1. The highest BCUT2D eigenvalue weighted by Crippen LogP contribution is 2.18. The number of methoxy groups -OCH3 is 1. The molecule has 0 aromatic heterocycles. The van der Waals surface area contributed by atoms with E-state index in [9.17, 15) is 9.59 Å². The van der Waals surface area contributed by atoms with Crippen LogP contribution < -0.4 is 25.4 Å². The Balaban J connectivity index is 1.53. The molecule has 8 nitrogen and oxygen atoms in total. The fourth-order valence-electron chi connectivity index (χ4n) is 3.05. The summed E-state index contributed by atoms with van der Waals surface area (Å²) in [6, 6.07) is 23.1. The summed E-state index contributed by atoms with van der Waals surface area (Å²) in [6.45, 7) is 1.42. The van der Waals surface area contributed by atoms with Crippen LogP contribution in [-0.4, -0.2) is 50.4 Å². The van der Waals surface area contributed by atoms with Gasteiger partial charge in [0.2, 0.25) is 0 Å². The lowest BCUT2D eigenvalue weighted by Crippen LogP contribution is -2.34. The van der Waals surface area contributed by atoms with Gasteiger partial charge in [-0.05, 0) is 54.7 Å². The highest BCUT2D eigenvalue weighted by molar-refractivity contribution is 7.80. The third-order valence-electron chi connectivity index (χ3n) is 4.69. The molecular formula is C26H27N3O5S. The molecule has 35 heavy (non-hydrogen) atoms. The van der Waals surface area contributed by atoms with Crippen molar-refractivity contribution < 1.29 is 23.8 Å². The molecule has 0 bridgehead atoms. The van der Waals surface area contributed by atoms with E-state index in [2.05, 4.69) is 16.0 Å². The second kappa shape index (κ2) is 13.7. The van der Waals surface area contributed by atoms with E-state index in [1.54, 1.807) is 55.6 Å². The Kier molecular flexibility index (Phi) is 10.0. The topological polar surface area (TPSA) is 97.9 Å². The number of carbonyl (C=O) groups excluding carboxylic acids is 2. The van der Waals surface area contributed by atoms with E-state index in [0.717, 1.165) is 5.75 Å². The second-order valence-electron chi connectivity index (χ2n) is 7.24. The molecular weight excluding hydrogens is 466 g/mol. The van der Waals surface area contributed by atoms with E-state index in [-0.39, 0.29) is 17.6 Å². The highest BCUT2D eigenvalue weighted by atomic mass is 32.1. The molecule has 3 aromatic rings. The van der Waals surface area contributed by atoms with Crippen LogP contribution >= 0.6 is 12.2 Å². The minimum atomic E-state index is -0.421. The summed E-state index contributed by atoms with van der Waals surface area (Å²) in [5.41, 5.74) is 1.36. The largest absolute Gasteiger partial charge is 0.490 e. The van der Waals surface area contributed by atoms with Crippen LogP contribution in [0.15, 0.2) is 78.9 Å². The fraction of sp³-hybridized carbons (Fsp3) is 0.192. The number of carbonyl (C=O) groups is 2. The molecule has 0 saturated heterocycles. The minimum Gasteiger partial charge on any atom is -0.490 e. The van der Waals surface area contributed by atoms with Gasteiger partial charge in [-0.1, -0.05) is 36.4 Å². The average molecular weight is 494 g/mol. The first-order valence-corrected chi connectivity index (χ1v) is 11.4. The predicted octanol–water partition coefficient (Wildman–Crippen LogP) is 3.65. The summed E-state index contributed by atoms with van der Waals surface area (Å²) < 4.78 is 16.3. The Hall–Kier alpha value is -3.95. The first-order chi connectivity index (χ1) is 17.1. The van der Waals surface area contributed by atoms with Gasteiger partial charge in [0.25, 0.3) is 11.8 Å². The lowest BCUT2D eigenvalue weighted by atomic mass is 10.2. The zero-order valence-corrected chi connectivity index (χ0v) is 20.1. The van der Waals surface area contributed by atoms with Gasteiger partial charge in [0, 0.05) is 24.9 Å². The number of hydrogen-bond donors (Lipinski definition) is 3. The second-order valence-corrected chi connectivity index (χ2v) is 7.65. The van der Waals surface area contributed by atoms with E-state index in [1.807, 2.05) is 30.3 Å². The first-order valence-electron chi connectivity index (χ1n) is 11.0. The van der Waals surface area contributed by atoms with Crippen molar-refractivity contribution in [3.63, 3.8) is 0 Å². The predicted molar refractivity (Wildman–Crippen MR) is 138 cm³/mol. The molecule has 0 saturated carbocycles. The van der Waals surface area contributed by atoms with Crippen LogP contribution in [0.1, 0.15) is 20.7 Å². The number of nitrogens with one attached hydrogen (secondary N) is 3. The molecule has 2 amide bonds. The van der Waals surface area contributed by atoms with Crippen LogP contribution in [0.3, 0.4) is 0 Å². The number of amides is 2. The summed E-state index contributed by atoms with van der Waals surface area (Å²) in [6.07, 6.45) is 0. The monoisotopic (exact) mass is 493 g/mol. The van der Waals surface area contributed by atoms with Crippen LogP contribution in [0, 0.1) is 0 Å². The molecule has 9 heteroatoms. The van der Waals surface area contributed by atoms with E-state index in [1.165, 1.54) is 0 Å². The summed E-state index contributed by atoms with van der Waals surface area (Å²) in [7, 11) is 1.57. The lowest BCUT2D eigenvalue weighted by molar-refractivity contribution is 0.0935. The van der Waals surface area contributed by atoms with E-state index >= 15 is 0 Å². The molecule has 0 aliphatic rings. The molecule has 3 N–H and O–H groups in total. The molecule has 0 fully saturated rings. The maximum absolute atomic E-state index is 12.8. The molecule has 0 heterocycles. The molecule has 0 unspecified atom stereocenters. The zero-order chi connectivity index (χ0) is 24.9. The molecule has 182 valence electrons. The van der Waals surface area contributed by atoms with Gasteiger partial charge < -0.3 is 24.8 Å². The third-order valence-corrected chi connectivity index (χ3v) is 4.89. The normalized spacial score (nSPS) is 10.2. The zero-order valence-electron chi connectivity index (χ0n) is 19.3. The van der Waals surface area contributed by atoms with Gasteiger partial charge in [-0.15, -0.1) is 0 Å². The van der Waals surface area contributed by atoms with Crippen LogP contribution in [-0.2, 0) is 4.74 Å². The van der Waals surface area contributed by atoms with Crippen molar-refractivity contribution in [2.24, 2.45) is 0 Å². The number of ether oxygens (including phenoxy) is 3. The Morgan fingerprint density at radius 3 is 2.37 bits per heavy atom. The molecule has 0 atom stereocenters. The number of anilines is 1. The van der Waals surface area contributed by atoms with Gasteiger partial charge in [-0.2, -0.15) is 0 Å². The Bertz CT molecular complexity index is 1140. The van der Waals surface area contributed by atoms with E-state index in [4.69, 9.17) is 26.4 Å². The van der Waals surface area contributed by atoms with Gasteiger partial charge in [-0.25, -0.2) is 0 Å². The molecule has 0 spiro atoms. The molecule has 3 aromatic carbocycles. The Morgan fingerprint density at radius 2 is 1.57 bits per heavy atom. The van der Waals surface area contributed by atoms with Crippen molar-refractivity contribution in [1.82, 2.24) is 10.6 Å². The van der Waals surface area contributed by atoms with Gasteiger partial charge in [0.15, 0.2) is 5.11 Å². The Labute approximate surface area is 209 Å². The van der Waals surface area contributed by atoms with Crippen molar-refractivity contribution in [2.45, 2.75) is 0 Å². The van der Waals surface area contributed by atoms with Gasteiger partial charge in [0.05, 0.1) is 12.2 Å². The lowest BCUT2D eigenvalue weighted by Gasteiger charge is -2.14. The maximum Gasteiger partial charge on any atom is 0.261 e. The molecule has 0 aliphatic heterocycles. The number of rotatable bonds is 11. The van der Waals surface area contributed by atoms with E-state index < -0.39 is 5.91 Å². The van der Waals surface area contributed by atoms with Crippen LogP contribution in [0.2, 0.25) is 0 Å². The first kappa shape index (κ1) is 25.7. The number of benzene rings is 3. The molecule has 3 rings (SSSR count). The van der Waals surface area contributed by atoms with Crippen molar-refractivity contribution in [2.75, 3.05) is 38.8 Å².